The van der Waals surface area contributed by atoms with Crippen LogP contribution in [0.15, 0.2) is 18.2 Å². The molecule has 6 heteroatoms. The minimum atomic E-state index is -0.641. The summed E-state index contributed by atoms with van der Waals surface area (Å²) in [6, 6.07) is 3.56. The molecule has 1 rings (SSSR count). The van der Waals surface area contributed by atoms with Gasteiger partial charge in [0.15, 0.2) is 5.82 Å². The fourth-order valence-electron chi connectivity index (χ4n) is 2.13. The number of non-ortho nitro benzene ring substituents is 1. The number of halogens is 1. The van der Waals surface area contributed by atoms with Crippen LogP contribution in [0, 0.1) is 21.8 Å². The summed E-state index contributed by atoms with van der Waals surface area (Å²) in [7, 11) is 0. The quantitative estimate of drug-likeness (QED) is 0.614. The van der Waals surface area contributed by atoms with Crippen LogP contribution in [-0.2, 0) is 0 Å². The molecule has 0 amide bonds. The first-order chi connectivity index (χ1) is 8.77. The number of rotatable bonds is 6. The van der Waals surface area contributed by atoms with Crippen LogP contribution in [0.1, 0.15) is 27.2 Å². The Bertz CT molecular complexity index is 465. The van der Waals surface area contributed by atoms with Gasteiger partial charge in [-0.05, 0) is 25.3 Å². The zero-order valence-corrected chi connectivity index (χ0v) is 11.4. The summed E-state index contributed by atoms with van der Waals surface area (Å²) in [5.74, 6) is -0.236. The van der Waals surface area contributed by atoms with Gasteiger partial charge in [0.05, 0.1) is 16.7 Å². The van der Waals surface area contributed by atoms with Crippen LogP contribution < -0.4 is 11.1 Å². The van der Waals surface area contributed by atoms with Gasteiger partial charge in [-0.15, -0.1) is 0 Å². The fraction of sp³-hybridized carbons (Fsp3) is 0.538. The Morgan fingerprint density at radius 1 is 1.53 bits per heavy atom. The molecule has 0 saturated heterocycles. The Morgan fingerprint density at radius 2 is 2.16 bits per heavy atom. The highest BCUT2D eigenvalue weighted by molar-refractivity contribution is 5.51. The zero-order chi connectivity index (χ0) is 14.6. The smallest absolute Gasteiger partial charge is 0.272 e. The van der Waals surface area contributed by atoms with Crippen molar-refractivity contribution in [3.63, 3.8) is 0 Å². The molecule has 5 nitrogen and oxygen atoms in total. The van der Waals surface area contributed by atoms with Crippen LogP contribution in [0.5, 0.6) is 0 Å². The largest absolute Gasteiger partial charge is 0.376 e. The SMILES string of the molecule is CC(C)CC(C)(CN)Nc1ccc([N+](=O)[O-])cc1F. The van der Waals surface area contributed by atoms with Crippen LogP contribution in [0.4, 0.5) is 15.8 Å². The van der Waals surface area contributed by atoms with Crippen molar-refractivity contribution < 1.29 is 9.31 Å². The molecule has 106 valence electrons. The van der Waals surface area contributed by atoms with Crippen molar-refractivity contribution in [3.8, 4) is 0 Å². The normalized spacial score (nSPS) is 14.2. The third-order valence-corrected chi connectivity index (χ3v) is 2.91. The van der Waals surface area contributed by atoms with Crippen molar-refractivity contribution in [2.24, 2.45) is 11.7 Å². The second kappa shape index (κ2) is 5.97. The van der Waals surface area contributed by atoms with E-state index in [0.29, 0.717) is 12.5 Å². The molecule has 0 heterocycles. The van der Waals surface area contributed by atoms with Gasteiger partial charge in [-0.3, -0.25) is 10.1 Å². The second-order valence-electron chi connectivity index (χ2n) is 5.41. The summed E-state index contributed by atoms with van der Waals surface area (Å²) in [6.45, 7) is 6.37. The third kappa shape index (κ3) is 4.17. The molecular weight excluding hydrogens is 249 g/mol. The van der Waals surface area contributed by atoms with E-state index in [-0.39, 0.29) is 11.4 Å². The molecule has 0 fully saturated rings. The molecule has 0 aromatic heterocycles. The Balaban J connectivity index is 2.95. The van der Waals surface area contributed by atoms with E-state index in [1.54, 1.807) is 0 Å². The Morgan fingerprint density at radius 3 is 2.58 bits per heavy atom. The van der Waals surface area contributed by atoms with Gasteiger partial charge >= 0.3 is 0 Å². The summed E-state index contributed by atoms with van der Waals surface area (Å²) in [4.78, 5) is 9.93. The number of hydrogen-bond acceptors (Lipinski definition) is 4. The Labute approximate surface area is 112 Å². The van der Waals surface area contributed by atoms with E-state index in [1.807, 2.05) is 6.92 Å². The van der Waals surface area contributed by atoms with E-state index < -0.39 is 16.3 Å². The molecule has 0 radical (unpaired) electrons. The van der Waals surface area contributed by atoms with Crippen molar-refractivity contribution in [3.05, 3.63) is 34.1 Å². The number of anilines is 1. The van der Waals surface area contributed by atoms with Crippen molar-refractivity contribution in [1.29, 1.82) is 0 Å². The lowest BCUT2D eigenvalue weighted by Gasteiger charge is -2.32. The molecule has 1 aromatic carbocycles. The van der Waals surface area contributed by atoms with E-state index in [1.165, 1.54) is 12.1 Å². The number of hydrogen-bond donors (Lipinski definition) is 2. The number of nitrogens with zero attached hydrogens (tertiary/aromatic N) is 1. The van der Waals surface area contributed by atoms with Gasteiger partial charge < -0.3 is 11.1 Å². The molecule has 0 saturated carbocycles. The van der Waals surface area contributed by atoms with E-state index in [4.69, 9.17) is 5.73 Å². The van der Waals surface area contributed by atoms with Crippen molar-refractivity contribution in [2.75, 3.05) is 11.9 Å². The number of nitrogens with two attached hydrogens (primary N) is 1. The van der Waals surface area contributed by atoms with E-state index in [2.05, 4.69) is 19.2 Å². The summed E-state index contributed by atoms with van der Waals surface area (Å²) in [5, 5.41) is 13.6. The van der Waals surface area contributed by atoms with Crippen molar-refractivity contribution >= 4 is 11.4 Å². The topological polar surface area (TPSA) is 81.2 Å². The lowest BCUT2D eigenvalue weighted by molar-refractivity contribution is -0.385. The number of nitro groups is 1. The maximum absolute atomic E-state index is 13.8. The van der Waals surface area contributed by atoms with Gasteiger partial charge in [0.25, 0.3) is 5.69 Å². The maximum atomic E-state index is 13.8. The monoisotopic (exact) mass is 269 g/mol. The van der Waals surface area contributed by atoms with Gasteiger partial charge in [0.2, 0.25) is 0 Å². The fourth-order valence-corrected chi connectivity index (χ4v) is 2.13. The van der Waals surface area contributed by atoms with Crippen molar-refractivity contribution in [2.45, 2.75) is 32.7 Å². The third-order valence-electron chi connectivity index (χ3n) is 2.91. The van der Waals surface area contributed by atoms with E-state index in [0.717, 1.165) is 12.5 Å². The molecule has 3 N–H and O–H groups in total. The second-order valence-corrected chi connectivity index (χ2v) is 5.41. The molecule has 0 bridgehead atoms. The maximum Gasteiger partial charge on any atom is 0.272 e. The van der Waals surface area contributed by atoms with Crippen molar-refractivity contribution in [1.82, 2.24) is 0 Å². The van der Waals surface area contributed by atoms with Crippen LogP contribution in [0.2, 0.25) is 0 Å². The highest BCUT2D eigenvalue weighted by Gasteiger charge is 2.25. The van der Waals surface area contributed by atoms with E-state index >= 15 is 0 Å². The number of nitro benzene ring substituents is 1. The molecule has 1 atom stereocenters. The summed E-state index contributed by atoms with van der Waals surface area (Å²) in [5.41, 5.74) is 5.27. The Hall–Kier alpha value is -1.69. The highest BCUT2D eigenvalue weighted by Crippen LogP contribution is 2.26. The lowest BCUT2D eigenvalue weighted by Crippen LogP contribution is -2.43. The minimum Gasteiger partial charge on any atom is -0.376 e. The first-order valence-electron chi connectivity index (χ1n) is 6.19. The Kier molecular flexibility index (Phi) is 4.83. The number of benzene rings is 1. The molecule has 0 aliphatic carbocycles. The average molecular weight is 269 g/mol. The predicted octanol–water partition coefficient (Wildman–Crippen LogP) is 2.91. The average Bonchev–Trinajstić information content (AvgIpc) is 2.30. The first kappa shape index (κ1) is 15.4. The molecule has 1 unspecified atom stereocenters. The minimum absolute atomic E-state index is 0.235. The molecule has 0 aliphatic heterocycles. The van der Waals surface area contributed by atoms with Crippen LogP contribution in [0.3, 0.4) is 0 Å². The molecular formula is C13H20FN3O2. The lowest BCUT2D eigenvalue weighted by atomic mass is 9.90. The molecule has 0 aliphatic rings. The van der Waals surface area contributed by atoms with Gasteiger partial charge in [-0.25, -0.2) is 4.39 Å². The predicted molar refractivity (Wildman–Crippen MR) is 73.6 cm³/mol. The van der Waals surface area contributed by atoms with Crippen LogP contribution in [-0.4, -0.2) is 17.0 Å². The summed E-state index contributed by atoms with van der Waals surface area (Å²) in [6.07, 6.45) is 0.778. The standard InChI is InChI=1S/C13H20FN3O2/c1-9(2)7-13(3,8-15)16-12-5-4-10(17(18)19)6-11(12)14/h4-6,9,16H,7-8,15H2,1-3H3. The van der Waals surface area contributed by atoms with E-state index in [9.17, 15) is 14.5 Å². The number of nitrogens with one attached hydrogen (secondary N) is 1. The van der Waals surface area contributed by atoms with Gasteiger partial charge in [0.1, 0.15) is 0 Å². The molecule has 1 aromatic rings. The molecule has 0 spiro atoms. The highest BCUT2D eigenvalue weighted by atomic mass is 19.1. The summed E-state index contributed by atoms with van der Waals surface area (Å²) < 4.78 is 13.8. The van der Waals surface area contributed by atoms with Crippen LogP contribution >= 0.6 is 0 Å². The van der Waals surface area contributed by atoms with Gasteiger partial charge in [0, 0.05) is 18.2 Å². The van der Waals surface area contributed by atoms with Gasteiger partial charge in [-0.1, -0.05) is 13.8 Å². The van der Waals surface area contributed by atoms with Crippen LogP contribution in [0.25, 0.3) is 0 Å². The first-order valence-corrected chi connectivity index (χ1v) is 6.19. The zero-order valence-electron chi connectivity index (χ0n) is 11.4. The summed E-state index contributed by atoms with van der Waals surface area (Å²) >= 11 is 0. The molecule has 19 heavy (non-hydrogen) atoms. The van der Waals surface area contributed by atoms with Gasteiger partial charge in [-0.2, -0.15) is 0 Å².